The first-order chi connectivity index (χ1) is 17.0. The summed E-state index contributed by atoms with van der Waals surface area (Å²) >= 11 is 1.16. The molecule has 2 aromatic heterocycles. The van der Waals surface area contributed by atoms with Crippen LogP contribution in [0.2, 0.25) is 0 Å². The van der Waals surface area contributed by atoms with Crippen LogP contribution in [0.5, 0.6) is 5.75 Å². The number of hydrogen-bond donors (Lipinski definition) is 0. The second-order valence-corrected chi connectivity index (χ2v) is 9.02. The first-order valence-electron chi connectivity index (χ1n) is 11.0. The van der Waals surface area contributed by atoms with Crippen molar-refractivity contribution in [1.82, 2.24) is 24.4 Å². The van der Waals surface area contributed by atoms with E-state index in [2.05, 4.69) is 15.0 Å². The number of ether oxygens (including phenoxy) is 1. The molecule has 8 nitrogen and oxygen atoms in total. The van der Waals surface area contributed by atoms with Crippen molar-refractivity contribution in [3.63, 3.8) is 0 Å². The van der Waals surface area contributed by atoms with Gasteiger partial charge in [-0.15, -0.1) is 0 Å². The van der Waals surface area contributed by atoms with Crippen molar-refractivity contribution in [2.24, 2.45) is 0 Å². The van der Waals surface area contributed by atoms with Gasteiger partial charge in [0, 0.05) is 44.4 Å². The molecule has 2 aromatic carbocycles. The molecule has 1 saturated heterocycles. The Labute approximate surface area is 203 Å². The fraction of sp³-hybridized carbons (Fsp3) is 0.250. The van der Waals surface area contributed by atoms with Gasteiger partial charge in [-0.1, -0.05) is 23.5 Å². The molecule has 11 heteroatoms. The van der Waals surface area contributed by atoms with E-state index >= 15 is 0 Å². The van der Waals surface area contributed by atoms with Crippen LogP contribution in [0.3, 0.4) is 0 Å². The van der Waals surface area contributed by atoms with E-state index in [-0.39, 0.29) is 23.9 Å². The third-order valence-electron chi connectivity index (χ3n) is 5.69. The minimum absolute atomic E-state index is 0.115. The fourth-order valence-electron chi connectivity index (χ4n) is 3.83. The number of nitrogens with zero attached hydrogens (tertiary/aromatic N) is 5. The van der Waals surface area contributed by atoms with Crippen LogP contribution < -0.4 is 10.3 Å². The summed E-state index contributed by atoms with van der Waals surface area (Å²) in [6.45, 7) is 2.61. The molecule has 0 aliphatic carbocycles. The van der Waals surface area contributed by atoms with Crippen molar-refractivity contribution in [3.05, 3.63) is 82.3 Å². The van der Waals surface area contributed by atoms with Crippen LogP contribution in [0, 0.1) is 11.6 Å². The second-order valence-electron chi connectivity index (χ2n) is 8.07. The molecule has 35 heavy (non-hydrogen) atoms. The molecule has 4 aromatic rings. The number of carbonyl (C=O) groups excluding carboxylic acids is 1. The van der Waals surface area contributed by atoms with Gasteiger partial charge < -0.3 is 9.64 Å². The van der Waals surface area contributed by atoms with Gasteiger partial charge in [-0.2, -0.15) is 9.61 Å². The predicted octanol–water partition coefficient (Wildman–Crippen LogP) is 2.82. The molecule has 0 spiro atoms. The number of halogens is 2. The molecule has 3 heterocycles. The molecular weight excluding hydrogens is 476 g/mol. The van der Waals surface area contributed by atoms with Crippen LogP contribution >= 0.6 is 11.3 Å². The number of benzene rings is 2. The number of piperazine rings is 1. The molecule has 0 radical (unpaired) electrons. The highest BCUT2D eigenvalue weighted by molar-refractivity contribution is 7.19. The minimum Gasteiger partial charge on any atom is -0.484 e. The number of carbonyl (C=O) groups is 1. The van der Waals surface area contributed by atoms with E-state index in [0.717, 1.165) is 11.3 Å². The van der Waals surface area contributed by atoms with Crippen LogP contribution in [-0.4, -0.2) is 63.1 Å². The summed E-state index contributed by atoms with van der Waals surface area (Å²) < 4.78 is 33.7. The Morgan fingerprint density at radius 2 is 1.77 bits per heavy atom. The van der Waals surface area contributed by atoms with Crippen LogP contribution in [0.4, 0.5) is 8.78 Å². The fourth-order valence-corrected chi connectivity index (χ4v) is 4.78. The van der Waals surface area contributed by atoms with Gasteiger partial charge in [-0.3, -0.25) is 14.5 Å². The highest BCUT2D eigenvalue weighted by atomic mass is 32.1. The number of aromatic nitrogens is 3. The predicted molar refractivity (Wildman–Crippen MR) is 126 cm³/mol. The van der Waals surface area contributed by atoms with Crippen molar-refractivity contribution >= 4 is 22.2 Å². The molecule has 180 valence electrons. The van der Waals surface area contributed by atoms with E-state index in [1.807, 2.05) is 0 Å². The lowest BCUT2D eigenvalue weighted by atomic mass is 10.2. The maximum absolute atomic E-state index is 14.1. The van der Waals surface area contributed by atoms with Gasteiger partial charge in [0.05, 0.1) is 5.69 Å². The van der Waals surface area contributed by atoms with E-state index in [1.165, 1.54) is 40.9 Å². The summed E-state index contributed by atoms with van der Waals surface area (Å²) in [6.07, 6.45) is 0. The van der Waals surface area contributed by atoms with E-state index < -0.39 is 5.82 Å². The van der Waals surface area contributed by atoms with E-state index in [1.54, 1.807) is 23.1 Å². The molecule has 0 unspecified atom stereocenters. The summed E-state index contributed by atoms with van der Waals surface area (Å²) in [6, 6.07) is 13.2. The average Bonchev–Trinajstić information content (AvgIpc) is 3.29. The number of amides is 1. The standard InChI is InChI=1S/C24H21F2N5O3S/c25-16-5-7-18(8-6-16)34-15-22(33)30-11-9-29(10-12-30)14-17-13-21(32)31-24(27-17)35-23(28-31)19-3-1-2-4-20(19)26/h1-8,13H,9-12,14-15H2. The largest absolute Gasteiger partial charge is 0.484 e. The highest BCUT2D eigenvalue weighted by Gasteiger charge is 2.22. The van der Waals surface area contributed by atoms with Crippen LogP contribution in [0.25, 0.3) is 15.5 Å². The highest BCUT2D eigenvalue weighted by Crippen LogP contribution is 2.26. The van der Waals surface area contributed by atoms with Crippen LogP contribution in [0.15, 0.2) is 59.4 Å². The monoisotopic (exact) mass is 497 g/mol. The Balaban J connectivity index is 1.19. The summed E-state index contributed by atoms with van der Waals surface area (Å²) in [7, 11) is 0. The molecule has 1 amide bonds. The van der Waals surface area contributed by atoms with Gasteiger partial charge in [0.2, 0.25) is 4.96 Å². The topological polar surface area (TPSA) is 80.0 Å². The molecule has 0 N–H and O–H groups in total. The van der Waals surface area contributed by atoms with Crippen molar-refractivity contribution in [2.45, 2.75) is 6.54 Å². The van der Waals surface area contributed by atoms with E-state index in [4.69, 9.17) is 4.74 Å². The van der Waals surface area contributed by atoms with Gasteiger partial charge >= 0.3 is 0 Å². The molecular formula is C24H21F2N5O3S. The maximum atomic E-state index is 14.1. The molecule has 0 atom stereocenters. The quantitative estimate of drug-likeness (QED) is 0.408. The minimum atomic E-state index is -0.407. The Bertz CT molecular complexity index is 1410. The third kappa shape index (κ3) is 5.20. The summed E-state index contributed by atoms with van der Waals surface area (Å²) in [4.78, 5) is 33.8. The molecule has 5 rings (SSSR count). The molecule has 1 aliphatic heterocycles. The lowest BCUT2D eigenvalue weighted by Crippen LogP contribution is -2.49. The Hall–Kier alpha value is -3.70. The zero-order chi connectivity index (χ0) is 24.4. The average molecular weight is 498 g/mol. The van der Waals surface area contributed by atoms with Gasteiger partial charge in [0.15, 0.2) is 11.6 Å². The number of rotatable bonds is 6. The van der Waals surface area contributed by atoms with E-state index in [9.17, 15) is 18.4 Å². The molecule has 1 aliphatic rings. The Kier molecular flexibility index (Phi) is 6.51. The zero-order valence-electron chi connectivity index (χ0n) is 18.6. The summed E-state index contributed by atoms with van der Waals surface area (Å²) in [5.74, 6) is -0.475. The first kappa shape index (κ1) is 23.1. The van der Waals surface area contributed by atoms with Gasteiger partial charge in [0.1, 0.15) is 17.4 Å². The first-order valence-corrected chi connectivity index (χ1v) is 11.8. The van der Waals surface area contributed by atoms with Crippen molar-refractivity contribution < 1.29 is 18.3 Å². The third-order valence-corrected chi connectivity index (χ3v) is 6.63. The second kappa shape index (κ2) is 9.88. The lowest BCUT2D eigenvalue weighted by Gasteiger charge is -2.34. The van der Waals surface area contributed by atoms with E-state index in [0.29, 0.717) is 59.7 Å². The lowest BCUT2D eigenvalue weighted by molar-refractivity contribution is -0.135. The Morgan fingerprint density at radius 3 is 2.51 bits per heavy atom. The van der Waals surface area contributed by atoms with Gasteiger partial charge in [-0.25, -0.2) is 13.8 Å². The maximum Gasteiger partial charge on any atom is 0.275 e. The SMILES string of the molecule is O=C(COc1ccc(F)cc1)N1CCN(Cc2cc(=O)n3nc(-c4ccccc4F)sc3n2)CC1. The molecule has 1 fully saturated rings. The zero-order valence-corrected chi connectivity index (χ0v) is 19.4. The molecule has 0 saturated carbocycles. The molecule has 0 bridgehead atoms. The number of fused-ring (bicyclic) bond motifs is 1. The normalized spacial score (nSPS) is 14.4. The van der Waals surface area contributed by atoms with Crippen molar-refractivity contribution in [3.8, 4) is 16.3 Å². The van der Waals surface area contributed by atoms with Crippen molar-refractivity contribution in [2.75, 3.05) is 32.8 Å². The van der Waals surface area contributed by atoms with Gasteiger partial charge in [-0.05, 0) is 36.4 Å². The van der Waals surface area contributed by atoms with Crippen molar-refractivity contribution in [1.29, 1.82) is 0 Å². The Morgan fingerprint density at radius 1 is 1.03 bits per heavy atom. The summed E-state index contributed by atoms with van der Waals surface area (Å²) in [5, 5.41) is 4.62. The van der Waals surface area contributed by atoms with Crippen LogP contribution in [-0.2, 0) is 11.3 Å². The summed E-state index contributed by atoms with van der Waals surface area (Å²) in [5.41, 5.74) is 0.599. The van der Waals surface area contributed by atoms with Crippen LogP contribution in [0.1, 0.15) is 5.69 Å². The smallest absolute Gasteiger partial charge is 0.275 e. The number of hydrogen-bond acceptors (Lipinski definition) is 7. The van der Waals surface area contributed by atoms with Gasteiger partial charge in [0.25, 0.3) is 11.5 Å².